The molecule has 0 aliphatic carbocycles. The van der Waals surface area contributed by atoms with Gasteiger partial charge < -0.3 is 14.9 Å². The fourth-order valence-electron chi connectivity index (χ4n) is 1.95. The van der Waals surface area contributed by atoms with E-state index in [0.717, 1.165) is 0 Å². The van der Waals surface area contributed by atoms with Crippen LogP contribution in [0.4, 0.5) is 0 Å². The van der Waals surface area contributed by atoms with E-state index in [1.807, 2.05) is 29.5 Å². The molecule has 24 heavy (non-hydrogen) atoms. The number of nitrogens with zero attached hydrogens (tertiary/aromatic N) is 1. The molecular weight excluding hydrogens is 423 g/mol. The van der Waals surface area contributed by atoms with Crippen LogP contribution >= 0.6 is 22.6 Å². The summed E-state index contributed by atoms with van der Waals surface area (Å²) in [6.07, 6.45) is 0.127. The van der Waals surface area contributed by atoms with Crippen LogP contribution in [0.5, 0.6) is 11.5 Å². The van der Waals surface area contributed by atoms with Crippen LogP contribution in [0.1, 0.15) is 24.2 Å². The van der Waals surface area contributed by atoms with Crippen LogP contribution < -0.4 is 10.2 Å². The van der Waals surface area contributed by atoms with Gasteiger partial charge in [0.25, 0.3) is 5.91 Å². The third-order valence-electron chi connectivity index (χ3n) is 3.10. The molecule has 2 rings (SSSR count). The second-order valence-electron chi connectivity index (χ2n) is 4.83. The second-order valence-corrected chi connectivity index (χ2v) is 5.99. The molecular formula is C17H17IN2O4. The van der Waals surface area contributed by atoms with Gasteiger partial charge in [0.2, 0.25) is 0 Å². The van der Waals surface area contributed by atoms with Crippen molar-refractivity contribution >= 4 is 34.7 Å². The largest absolute Gasteiger partial charge is 0.504 e. The lowest BCUT2D eigenvalue weighted by Gasteiger charge is -2.09. The molecule has 0 aromatic heterocycles. The highest BCUT2D eigenvalue weighted by atomic mass is 127. The van der Waals surface area contributed by atoms with Crippen molar-refractivity contribution in [3.05, 3.63) is 57.2 Å². The number of rotatable bonds is 6. The van der Waals surface area contributed by atoms with Gasteiger partial charge >= 0.3 is 0 Å². The van der Waals surface area contributed by atoms with E-state index in [0.29, 0.717) is 27.1 Å². The highest BCUT2D eigenvalue weighted by molar-refractivity contribution is 14.1. The molecule has 2 aromatic rings. The summed E-state index contributed by atoms with van der Waals surface area (Å²) in [6.45, 7) is 2.24. The van der Waals surface area contributed by atoms with E-state index in [4.69, 9.17) is 4.74 Å². The van der Waals surface area contributed by atoms with Gasteiger partial charge in [-0.3, -0.25) is 4.79 Å². The summed E-state index contributed by atoms with van der Waals surface area (Å²) in [6, 6.07) is 11.9. The summed E-state index contributed by atoms with van der Waals surface area (Å²) in [7, 11) is 0. The molecule has 0 aliphatic rings. The van der Waals surface area contributed by atoms with E-state index < -0.39 is 12.0 Å². The van der Waals surface area contributed by atoms with Crippen LogP contribution in [-0.4, -0.2) is 28.9 Å². The maximum Gasteiger partial charge on any atom is 0.273 e. The number of aliphatic hydroxyl groups is 1. The molecule has 6 nitrogen and oxygen atoms in total. The molecule has 0 saturated heterocycles. The number of amides is 1. The van der Waals surface area contributed by atoms with E-state index in [-0.39, 0.29) is 5.75 Å². The van der Waals surface area contributed by atoms with Crippen LogP contribution in [0.2, 0.25) is 0 Å². The zero-order valence-corrected chi connectivity index (χ0v) is 15.1. The minimum absolute atomic E-state index is 0.0677. The average molecular weight is 440 g/mol. The van der Waals surface area contributed by atoms with Crippen molar-refractivity contribution in [2.45, 2.75) is 13.0 Å². The topological polar surface area (TPSA) is 91.2 Å². The SMILES string of the molecule is CCOc1cc(/C=N/NC(=O)[C@H](O)c2ccccc2)cc(I)c1O. The first kappa shape index (κ1) is 18.2. The molecule has 0 bridgehead atoms. The molecule has 0 unspecified atom stereocenters. The second kappa shape index (κ2) is 8.65. The van der Waals surface area contributed by atoms with Crippen molar-refractivity contribution in [2.24, 2.45) is 5.10 Å². The monoisotopic (exact) mass is 440 g/mol. The lowest BCUT2D eigenvalue weighted by molar-refractivity contribution is -0.129. The predicted molar refractivity (Wildman–Crippen MR) is 99.1 cm³/mol. The Morgan fingerprint density at radius 1 is 1.38 bits per heavy atom. The first-order chi connectivity index (χ1) is 11.5. The molecule has 0 saturated carbocycles. The van der Waals surface area contributed by atoms with Crippen molar-refractivity contribution in [3.8, 4) is 11.5 Å². The predicted octanol–water partition coefficient (Wildman–Crippen LogP) is 2.58. The molecule has 1 atom stereocenters. The molecule has 0 fully saturated rings. The number of phenols is 1. The van der Waals surface area contributed by atoms with Gasteiger partial charge in [-0.25, -0.2) is 5.43 Å². The Morgan fingerprint density at radius 3 is 2.75 bits per heavy atom. The Hall–Kier alpha value is -2.13. The van der Waals surface area contributed by atoms with Crippen molar-refractivity contribution < 1.29 is 19.7 Å². The van der Waals surface area contributed by atoms with Gasteiger partial charge in [-0.1, -0.05) is 30.3 Å². The highest BCUT2D eigenvalue weighted by Gasteiger charge is 2.16. The lowest BCUT2D eigenvalue weighted by Crippen LogP contribution is -2.25. The maximum absolute atomic E-state index is 11.9. The molecule has 2 aromatic carbocycles. The molecule has 7 heteroatoms. The Bertz CT molecular complexity index is 735. The highest BCUT2D eigenvalue weighted by Crippen LogP contribution is 2.32. The summed E-state index contributed by atoms with van der Waals surface area (Å²) < 4.78 is 5.94. The van der Waals surface area contributed by atoms with Crippen LogP contribution in [0, 0.1) is 3.57 Å². The number of hydrogen-bond acceptors (Lipinski definition) is 5. The van der Waals surface area contributed by atoms with Crippen LogP contribution in [0.3, 0.4) is 0 Å². The van der Waals surface area contributed by atoms with Gasteiger partial charge in [-0.15, -0.1) is 0 Å². The molecule has 0 spiro atoms. The minimum Gasteiger partial charge on any atom is -0.504 e. The minimum atomic E-state index is -1.29. The number of hydrazone groups is 1. The smallest absolute Gasteiger partial charge is 0.273 e. The van der Waals surface area contributed by atoms with E-state index >= 15 is 0 Å². The van der Waals surface area contributed by atoms with Crippen LogP contribution in [0.15, 0.2) is 47.6 Å². The molecule has 0 aliphatic heterocycles. The molecule has 1 amide bonds. The van der Waals surface area contributed by atoms with Gasteiger partial charge in [0.1, 0.15) is 0 Å². The van der Waals surface area contributed by atoms with Crippen molar-refractivity contribution in [1.29, 1.82) is 0 Å². The quantitative estimate of drug-likeness (QED) is 0.366. The Kier molecular flexibility index (Phi) is 6.56. The van der Waals surface area contributed by atoms with Gasteiger partial charge in [-0.05, 0) is 52.8 Å². The third-order valence-corrected chi connectivity index (χ3v) is 3.92. The molecule has 3 N–H and O–H groups in total. The molecule has 0 heterocycles. The average Bonchev–Trinajstić information content (AvgIpc) is 2.59. The first-order valence-electron chi connectivity index (χ1n) is 7.24. The lowest BCUT2D eigenvalue weighted by atomic mass is 10.1. The first-order valence-corrected chi connectivity index (χ1v) is 8.32. The van der Waals surface area contributed by atoms with Crippen molar-refractivity contribution in [2.75, 3.05) is 6.61 Å². The summed E-state index contributed by atoms with van der Waals surface area (Å²) in [5.74, 6) is -0.212. The van der Waals surface area contributed by atoms with E-state index in [1.54, 1.807) is 42.5 Å². The molecule has 0 radical (unpaired) electrons. The van der Waals surface area contributed by atoms with E-state index in [2.05, 4.69) is 10.5 Å². The number of carbonyl (C=O) groups is 1. The number of phenolic OH excluding ortho intramolecular Hbond substituents is 1. The van der Waals surface area contributed by atoms with E-state index in [1.165, 1.54) is 6.21 Å². The number of halogens is 1. The number of aromatic hydroxyl groups is 1. The fourth-order valence-corrected chi connectivity index (χ4v) is 2.58. The number of nitrogens with one attached hydrogen (secondary N) is 1. The Balaban J connectivity index is 2.05. The zero-order chi connectivity index (χ0) is 17.5. The fraction of sp³-hybridized carbons (Fsp3) is 0.176. The van der Waals surface area contributed by atoms with Crippen molar-refractivity contribution in [1.82, 2.24) is 5.43 Å². The number of ether oxygens (including phenoxy) is 1. The summed E-state index contributed by atoms with van der Waals surface area (Å²) in [4.78, 5) is 11.9. The third kappa shape index (κ3) is 4.68. The van der Waals surface area contributed by atoms with Crippen molar-refractivity contribution in [3.63, 3.8) is 0 Å². The van der Waals surface area contributed by atoms with E-state index in [9.17, 15) is 15.0 Å². The van der Waals surface area contributed by atoms with Gasteiger partial charge in [0.15, 0.2) is 17.6 Å². The number of aliphatic hydroxyl groups excluding tert-OH is 1. The van der Waals surface area contributed by atoms with Gasteiger partial charge in [0, 0.05) is 0 Å². The number of carbonyl (C=O) groups excluding carboxylic acids is 1. The van der Waals surface area contributed by atoms with Crippen LogP contribution in [0.25, 0.3) is 0 Å². The van der Waals surface area contributed by atoms with Crippen LogP contribution in [-0.2, 0) is 4.79 Å². The Labute approximate surface area is 153 Å². The molecule has 126 valence electrons. The Morgan fingerprint density at radius 2 is 2.08 bits per heavy atom. The summed E-state index contributed by atoms with van der Waals surface area (Å²) in [5.41, 5.74) is 3.43. The standard InChI is InChI=1S/C17H17IN2O4/c1-2-24-14-9-11(8-13(18)16(14)22)10-19-20-17(23)15(21)12-6-4-3-5-7-12/h3-10,15,21-22H,2H2,1H3,(H,20,23)/b19-10+/t15-/m1/s1. The normalized spacial score (nSPS) is 12.1. The van der Waals surface area contributed by atoms with Gasteiger partial charge in [-0.2, -0.15) is 5.10 Å². The number of benzene rings is 2. The number of hydrogen-bond donors (Lipinski definition) is 3. The maximum atomic E-state index is 11.9. The summed E-state index contributed by atoms with van der Waals surface area (Å²) >= 11 is 1.98. The summed E-state index contributed by atoms with van der Waals surface area (Å²) in [5, 5.41) is 23.7. The van der Waals surface area contributed by atoms with Gasteiger partial charge in [0.05, 0.1) is 16.4 Å². The zero-order valence-electron chi connectivity index (χ0n) is 12.9.